The molecule has 2 N–H and O–H groups in total. The molecule has 21 heavy (non-hydrogen) atoms. The van der Waals surface area contributed by atoms with Crippen molar-refractivity contribution in [2.45, 2.75) is 64.5 Å². The van der Waals surface area contributed by atoms with Crippen LogP contribution in [-0.4, -0.2) is 30.1 Å². The highest BCUT2D eigenvalue weighted by Gasteiger charge is 2.31. The molecule has 0 amide bonds. The lowest BCUT2D eigenvalue weighted by Gasteiger charge is -2.40. The van der Waals surface area contributed by atoms with Gasteiger partial charge in [0.2, 0.25) is 0 Å². The molecule has 2 rings (SSSR count). The van der Waals surface area contributed by atoms with E-state index in [1.54, 1.807) is 0 Å². The molecule has 1 aliphatic carbocycles. The second-order valence-corrected chi connectivity index (χ2v) is 7.03. The van der Waals surface area contributed by atoms with Crippen LogP contribution >= 0.6 is 0 Å². The summed E-state index contributed by atoms with van der Waals surface area (Å²) in [7, 11) is 0. The topological polar surface area (TPSA) is 29.3 Å². The van der Waals surface area contributed by atoms with Crippen LogP contribution in [0.25, 0.3) is 0 Å². The molecule has 2 atom stereocenters. The first kappa shape index (κ1) is 16.5. The summed E-state index contributed by atoms with van der Waals surface area (Å²) in [6.45, 7) is 8.91. The van der Waals surface area contributed by atoms with E-state index in [-0.39, 0.29) is 0 Å². The third-order valence-corrected chi connectivity index (χ3v) is 4.94. The van der Waals surface area contributed by atoms with Gasteiger partial charge in [-0.2, -0.15) is 0 Å². The Kier molecular flexibility index (Phi) is 6.25. The van der Waals surface area contributed by atoms with Crippen molar-refractivity contribution in [3.8, 4) is 0 Å². The molecule has 2 unspecified atom stereocenters. The van der Waals surface area contributed by atoms with Crippen LogP contribution in [0.4, 0.5) is 0 Å². The first-order valence-corrected chi connectivity index (χ1v) is 8.64. The molecular weight excluding hydrogens is 256 g/mol. The Morgan fingerprint density at radius 3 is 2.24 bits per heavy atom. The predicted molar refractivity (Wildman–Crippen MR) is 91.5 cm³/mol. The molecule has 1 aromatic carbocycles. The molecule has 0 saturated heterocycles. The second kappa shape index (κ2) is 7.95. The van der Waals surface area contributed by atoms with Crippen LogP contribution in [0, 0.1) is 5.92 Å². The van der Waals surface area contributed by atoms with Crippen molar-refractivity contribution in [2.75, 3.05) is 13.1 Å². The van der Waals surface area contributed by atoms with Crippen molar-refractivity contribution < 1.29 is 0 Å². The third-order valence-electron chi connectivity index (χ3n) is 4.94. The Bertz CT molecular complexity index is 395. The molecule has 2 heteroatoms. The van der Waals surface area contributed by atoms with Gasteiger partial charge in [0.1, 0.15) is 0 Å². The summed E-state index contributed by atoms with van der Waals surface area (Å²) < 4.78 is 0. The van der Waals surface area contributed by atoms with Crippen LogP contribution in [0.3, 0.4) is 0 Å². The van der Waals surface area contributed by atoms with Gasteiger partial charge in [-0.3, -0.25) is 4.90 Å². The normalized spacial score (nSPS) is 19.3. The lowest BCUT2D eigenvalue weighted by atomic mass is 9.90. The number of nitrogens with two attached hydrogens (primary N) is 1. The van der Waals surface area contributed by atoms with Crippen molar-refractivity contribution in [3.63, 3.8) is 0 Å². The number of rotatable bonds is 7. The fourth-order valence-electron chi connectivity index (χ4n) is 3.82. The molecule has 1 saturated carbocycles. The van der Waals surface area contributed by atoms with E-state index in [4.69, 9.17) is 5.73 Å². The third kappa shape index (κ3) is 4.31. The summed E-state index contributed by atoms with van der Waals surface area (Å²) in [5.41, 5.74) is 7.63. The zero-order valence-corrected chi connectivity index (χ0v) is 14.0. The highest BCUT2D eigenvalue weighted by Crippen LogP contribution is 2.31. The van der Waals surface area contributed by atoms with Gasteiger partial charge in [0.05, 0.1) is 0 Å². The average Bonchev–Trinajstić information content (AvgIpc) is 3.01. The molecule has 118 valence electrons. The largest absolute Gasteiger partial charge is 0.329 e. The molecule has 0 aromatic heterocycles. The zero-order valence-electron chi connectivity index (χ0n) is 14.0. The lowest BCUT2D eigenvalue weighted by Crippen LogP contribution is -2.50. The van der Waals surface area contributed by atoms with Crippen molar-refractivity contribution in [1.82, 2.24) is 4.90 Å². The van der Waals surface area contributed by atoms with E-state index in [1.807, 2.05) is 0 Å². The quantitative estimate of drug-likeness (QED) is 0.821. The van der Waals surface area contributed by atoms with Gasteiger partial charge in [-0.15, -0.1) is 0 Å². The molecule has 2 nitrogen and oxygen atoms in total. The number of benzene rings is 1. The van der Waals surface area contributed by atoms with E-state index in [2.05, 4.69) is 56.0 Å². The van der Waals surface area contributed by atoms with Crippen LogP contribution in [0.2, 0.25) is 0 Å². The zero-order chi connectivity index (χ0) is 15.2. The molecule has 0 bridgehead atoms. The fourth-order valence-corrected chi connectivity index (χ4v) is 3.82. The number of hydrogen-bond donors (Lipinski definition) is 1. The van der Waals surface area contributed by atoms with Crippen molar-refractivity contribution in [2.24, 2.45) is 11.7 Å². The van der Waals surface area contributed by atoms with Crippen LogP contribution in [0.15, 0.2) is 30.3 Å². The summed E-state index contributed by atoms with van der Waals surface area (Å²) in [6, 6.07) is 12.1. The summed E-state index contributed by atoms with van der Waals surface area (Å²) >= 11 is 0. The summed E-state index contributed by atoms with van der Waals surface area (Å²) in [5.74, 6) is 1.19. The van der Waals surface area contributed by atoms with Crippen LogP contribution in [-0.2, 0) is 0 Å². The Morgan fingerprint density at radius 2 is 1.71 bits per heavy atom. The Morgan fingerprint density at radius 1 is 1.10 bits per heavy atom. The van der Waals surface area contributed by atoms with Gasteiger partial charge in [0.15, 0.2) is 0 Å². The molecule has 0 radical (unpaired) electrons. The minimum atomic E-state index is 0.456. The van der Waals surface area contributed by atoms with Crippen LogP contribution in [0.1, 0.15) is 57.9 Å². The molecule has 0 heterocycles. The SMILES string of the molecule is CC(C)CN(C1CCCC1)C(CN)C(C)c1ccccc1. The minimum Gasteiger partial charge on any atom is -0.329 e. The first-order valence-electron chi connectivity index (χ1n) is 8.64. The Labute approximate surface area is 130 Å². The van der Waals surface area contributed by atoms with Gasteiger partial charge in [-0.25, -0.2) is 0 Å². The Balaban J connectivity index is 2.17. The highest BCUT2D eigenvalue weighted by atomic mass is 15.2. The molecule has 0 aliphatic heterocycles. The van der Waals surface area contributed by atoms with Crippen LogP contribution in [0.5, 0.6) is 0 Å². The van der Waals surface area contributed by atoms with E-state index < -0.39 is 0 Å². The van der Waals surface area contributed by atoms with Crippen molar-refractivity contribution >= 4 is 0 Å². The van der Waals surface area contributed by atoms with Crippen LogP contribution < -0.4 is 5.73 Å². The minimum absolute atomic E-state index is 0.456. The molecule has 0 spiro atoms. The Hall–Kier alpha value is -0.860. The smallest absolute Gasteiger partial charge is 0.0287 e. The predicted octanol–water partition coefficient (Wildman–Crippen LogP) is 4.02. The standard InChI is InChI=1S/C19H32N2/c1-15(2)14-21(18-11-7-8-12-18)19(13-20)16(3)17-9-5-4-6-10-17/h4-6,9-10,15-16,18-19H,7-8,11-14,20H2,1-3H3. The maximum Gasteiger partial charge on any atom is 0.0287 e. The monoisotopic (exact) mass is 288 g/mol. The molecule has 1 aliphatic rings. The van der Waals surface area contributed by atoms with Gasteiger partial charge < -0.3 is 5.73 Å². The molecule has 1 aromatic rings. The average molecular weight is 288 g/mol. The maximum absolute atomic E-state index is 6.21. The summed E-state index contributed by atoms with van der Waals surface area (Å²) in [6.07, 6.45) is 5.47. The van der Waals surface area contributed by atoms with Gasteiger partial charge in [-0.05, 0) is 30.2 Å². The number of hydrogen-bond acceptors (Lipinski definition) is 2. The second-order valence-electron chi connectivity index (χ2n) is 7.03. The van der Waals surface area contributed by atoms with E-state index >= 15 is 0 Å². The fraction of sp³-hybridized carbons (Fsp3) is 0.684. The van der Waals surface area contributed by atoms with Gasteiger partial charge in [-0.1, -0.05) is 63.9 Å². The van der Waals surface area contributed by atoms with Crippen molar-refractivity contribution in [1.29, 1.82) is 0 Å². The van der Waals surface area contributed by atoms with Crippen molar-refractivity contribution in [3.05, 3.63) is 35.9 Å². The lowest BCUT2D eigenvalue weighted by molar-refractivity contribution is 0.107. The van der Waals surface area contributed by atoms with E-state index in [9.17, 15) is 0 Å². The molecule has 1 fully saturated rings. The summed E-state index contributed by atoms with van der Waals surface area (Å²) in [4.78, 5) is 2.73. The van der Waals surface area contributed by atoms with E-state index in [1.165, 1.54) is 37.8 Å². The van der Waals surface area contributed by atoms with E-state index in [0.29, 0.717) is 17.9 Å². The van der Waals surface area contributed by atoms with Gasteiger partial charge in [0, 0.05) is 25.2 Å². The molecular formula is C19H32N2. The maximum atomic E-state index is 6.21. The first-order chi connectivity index (χ1) is 10.1. The van der Waals surface area contributed by atoms with Gasteiger partial charge >= 0.3 is 0 Å². The summed E-state index contributed by atoms with van der Waals surface area (Å²) in [5, 5.41) is 0. The van der Waals surface area contributed by atoms with Gasteiger partial charge in [0.25, 0.3) is 0 Å². The van der Waals surface area contributed by atoms with E-state index in [0.717, 1.165) is 12.6 Å². The highest BCUT2D eigenvalue weighted by molar-refractivity contribution is 5.21. The number of nitrogens with zero attached hydrogens (tertiary/aromatic N) is 1.